The molecule has 1 aliphatic heterocycles. The zero-order chi connectivity index (χ0) is 22.6. The number of esters is 2. The molecule has 31 heavy (non-hydrogen) atoms. The molecule has 3 rings (SSSR count). The number of fused-ring (bicyclic) bond motifs is 3. The van der Waals surface area contributed by atoms with Crippen molar-refractivity contribution in [1.82, 2.24) is 4.57 Å². The molecule has 0 N–H and O–H groups in total. The van der Waals surface area contributed by atoms with Crippen LogP contribution in [0, 0.1) is 0 Å². The smallest absolute Gasteiger partial charge is 0.378 e. The molecule has 168 valence electrons. The minimum atomic E-state index is -3.94. The summed E-state index contributed by atoms with van der Waals surface area (Å²) in [6, 6.07) is 7.61. The lowest BCUT2D eigenvalue weighted by Gasteiger charge is -2.24. The van der Waals surface area contributed by atoms with Crippen LogP contribution in [0.1, 0.15) is 54.0 Å². The van der Waals surface area contributed by atoms with Crippen LogP contribution in [0.25, 0.3) is 11.3 Å². The van der Waals surface area contributed by atoms with E-state index >= 15 is 0 Å². The summed E-state index contributed by atoms with van der Waals surface area (Å²) in [6.07, 6.45) is 0.633. The molecule has 1 aromatic heterocycles. The predicted octanol–water partition coefficient (Wildman–Crippen LogP) is 3.96. The SMILES string of the molecule is CCOC(=O)c1c(C(=O)OCC)c(P(=O)(OCC)OCC)n2c1-c1ccccc1CC2. The average molecular weight is 449 g/mol. The van der Waals surface area contributed by atoms with Crippen LogP contribution in [0.15, 0.2) is 24.3 Å². The molecule has 0 unspecified atom stereocenters. The van der Waals surface area contributed by atoms with Gasteiger partial charge >= 0.3 is 19.5 Å². The summed E-state index contributed by atoms with van der Waals surface area (Å²) < 4.78 is 37.3. The quantitative estimate of drug-likeness (QED) is 0.423. The van der Waals surface area contributed by atoms with Crippen molar-refractivity contribution in [1.29, 1.82) is 0 Å². The van der Waals surface area contributed by atoms with Gasteiger partial charge in [-0.1, -0.05) is 24.3 Å². The highest BCUT2D eigenvalue weighted by Gasteiger charge is 2.44. The Morgan fingerprint density at radius 3 is 2.06 bits per heavy atom. The van der Waals surface area contributed by atoms with E-state index in [4.69, 9.17) is 18.5 Å². The van der Waals surface area contributed by atoms with Gasteiger partial charge in [-0.2, -0.15) is 0 Å². The van der Waals surface area contributed by atoms with Crippen LogP contribution in [0.2, 0.25) is 0 Å². The average Bonchev–Trinajstić information content (AvgIpc) is 3.11. The number of benzene rings is 1. The van der Waals surface area contributed by atoms with Crippen molar-refractivity contribution in [3.8, 4) is 11.3 Å². The Kier molecular flexibility index (Phi) is 7.36. The summed E-state index contributed by atoms with van der Waals surface area (Å²) in [7, 11) is -3.94. The van der Waals surface area contributed by atoms with Gasteiger partial charge in [0.2, 0.25) is 0 Å². The third-order valence-electron chi connectivity index (χ3n) is 4.93. The second-order valence-corrected chi connectivity index (χ2v) is 8.69. The van der Waals surface area contributed by atoms with Crippen LogP contribution in [-0.4, -0.2) is 42.9 Å². The molecule has 1 aromatic carbocycles. The third-order valence-corrected chi connectivity index (χ3v) is 7.11. The summed E-state index contributed by atoms with van der Waals surface area (Å²) in [5.74, 6) is -1.45. The highest BCUT2D eigenvalue weighted by Crippen LogP contribution is 2.51. The predicted molar refractivity (Wildman–Crippen MR) is 116 cm³/mol. The van der Waals surface area contributed by atoms with Gasteiger partial charge in [0.25, 0.3) is 0 Å². The van der Waals surface area contributed by atoms with E-state index in [2.05, 4.69) is 0 Å². The Labute approximate surface area is 182 Å². The molecule has 1 aliphatic rings. The minimum Gasteiger partial charge on any atom is -0.462 e. The molecule has 0 spiro atoms. The van der Waals surface area contributed by atoms with Gasteiger partial charge in [-0.25, -0.2) is 9.59 Å². The van der Waals surface area contributed by atoms with E-state index in [-0.39, 0.29) is 43.0 Å². The molecule has 2 heterocycles. The Morgan fingerprint density at radius 1 is 0.903 bits per heavy atom. The molecule has 0 bridgehead atoms. The number of hydrogen-bond acceptors (Lipinski definition) is 7. The van der Waals surface area contributed by atoms with Crippen molar-refractivity contribution in [2.75, 3.05) is 26.4 Å². The van der Waals surface area contributed by atoms with E-state index in [0.29, 0.717) is 18.7 Å². The highest BCUT2D eigenvalue weighted by molar-refractivity contribution is 7.62. The van der Waals surface area contributed by atoms with Crippen LogP contribution in [0.3, 0.4) is 0 Å². The molecular weight excluding hydrogens is 421 g/mol. The van der Waals surface area contributed by atoms with Gasteiger partial charge < -0.3 is 23.1 Å². The Hall–Kier alpha value is -2.41. The third kappa shape index (κ3) is 4.20. The molecule has 0 fully saturated rings. The van der Waals surface area contributed by atoms with Gasteiger partial charge in [0.05, 0.1) is 32.1 Å². The van der Waals surface area contributed by atoms with E-state index in [9.17, 15) is 14.2 Å². The molecule has 0 saturated heterocycles. The zero-order valence-corrected chi connectivity index (χ0v) is 19.2. The van der Waals surface area contributed by atoms with Crippen LogP contribution in [0.4, 0.5) is 0 Å². The lowest BCUT2D eigenvalue weighted by atomic mass is 9.95. The first kappa shape index (κ1) is 23.3. The first-order chi connectivity index (χ1) is 14.9. The molecule has 8 nitrogen and oxygen atoms in total. The van der Waals surface area contributed by atoms with Crippen molar-refractivity contribution < 1.29 is 32.7 Å². The van der Waals surface area contributed by atoms with Crippen LogP contribution in [-0.2, 0) is 36.1 Å². The minimum absolute atomic E-state index is 0.0297. The molecular formula is C22H28NO7P. The normalized spacial score (nSPS) is 12.8. The Bertz CT molecular complexity index is 1020. The Balaban J connectivity index is 2.44. The molecule has 0 atom stereocenters. The monoisotopic (exact) mass is 449 g/mol. The second kappa shape index (κ2) is 9.81. The van der Waals surface area contributed by atoms with Gasteiger partial charge in [0.1, 0.15) is 16.6 Å². The second-order valence-electron chi connectivity index (χ2n) is 6.75. The molecule has 0 aliphatic carbocycles. The summed E-state index contributed by atoms with van der Waals surface area (Å²) in [5.41, 5.74) is 2.22. The first-order valence-electron chi connectivity index (χ1n) is 10.5. The van der Waals surface area contributed by atoms with Crippen molar-refractivity contribution >= 4 is 25.0 Å². The van der Waals surface area contributed by atoms with Crippen LogP contribution >= 0.6 is 7.60 Å². The van der Waals surface area contributed by atoms with Crippen molar-refractivity contribution in [2.45, 2.75) is 40.7 Å². The summed E-state index contributed by atoms with van der Waals surface area (Å²) in [4.78, 5) is 26.2. The van der Waals surface area contributed by atoms with Crippen molar-refractivity contribution in [2.24, 2.45) is 0 Å². The molecule has 9 heteroatoms. The zero-order valence-electron chi connectivity index (χ0n) is 18.3. The fourth-order valence-corrected chi connectivity index (χ4v) is 5.86. The number of rotatable bonds is 9. The maximum Gasteiger partial charge on any atom is 0.378 e. The number of hydrogen-bond donors (Lipinski definition) is 0. The molecule has 0 saturated carbocycles. The van der Waals surface area contributed by atoms with Crippen molar-refractivity contribution in [3.63, 3.8) is 0 Å². The van der Waals surface area contributed by atoms with Gasteiger partial charge in [-0.3, -0.25) is 4.57 Å². The lowest BCUT2D eigenvalue weighted by molar-refractivity contribution is 0.0481. The van der Waals surface area contributed by atoms with Gasteiger partial charge in [-0.05, 0) is 39.7 Å². The largest absolute Gasteiger partial charge is 0.462 e. The fraction of sp³-hybridized carbons (Fsp3) is 0.455. The van der Waals surface area contributed by atoms with E-state index in [0.717, 1.165) is 11.1 Å². The highest BCUT2D eigenvalue weighted by atomic mass is 31.2. The summed E-state index contributed by atoms with van der Waals surface area (Å²) in [5, 5.41) is 0. The van der Waals surface area contributed by atoms with Crippen molar-refractivity contribution in [3.05, 3.63) is 41.0 Å². The van der Waals surface area contributed by atoms with E-state index < -0.39 is 19.5 Å². The number of aromatic nitrogens is 1. The number of ether oxygens (including phenoxy) is 2. The van der Waals surface area contributed by atoms with Gasteiger partial charge in [-0.15, -0.1) is 0 Å². The van der Waals surface area contributed by atoms with Gasteiger partial charge in [0, 0.05) is 12.1 Å². The maximum absolute atomic E-state index is 13.9. The Morgan fingerprint density at radius 2 is 1.48 bits per heavy atom. The van der Waals surface area contributed by atoms with Crippen LogP contribution < -0.4 is 5.44 Å². The standard InChI is InChI=1S/C22H28NO7P/c1-5-27-21(24)17-18(22(25)28-6-2)20(31(26,29-7-3)30-8-4)23-14-13-15-11-9-10-12-16(15)19(17)23/h9-12H,5-8,13-14H2,1-4H3. The maximum atomic E-state index is 13.9. The van der Waals surface area contributed by atoms with Crippen LogP contribution in [0.5, 0.6) is 0 Å². The number of aryl methyl sites for hydroxylation is 1. The fourth-order valence-electron chi connectivity index (χ4n) is 3.89. The van der Waals surface area contributed by atoms with Gasteiger partial charge in [0.15, 0.2) is 0 Å². The number of carbonyl (C=O) groups excluding carboxylic acids is 2. The van der Waals surface area contributed by atoms with E-state index in [1.807, 2.05) is 24.3 Å². The van der Waals surface area contributed by atoms with E-state index in [1.165, 1.54) is 0 Å². The number of nitrogens with zero attached hydrogens (tertiary/aromatic N) is 1. The molecule has 0 radical (unpaired) electrons. The number of carbonyl (C=O) groups is 2. The van der Waals surface area contributed by atoms with E-state index in [1.54, 1.807) is 32.3 Å². The lowest BCUT2D eigenvalue weighted by Crippen LogP contribution is -2.28. The summed E-state index contributed by atoms with van der Waals surface area (Å²) in [6.45, 7) is 7.55. The topological polar surface area (TPSA) is 93.1 Å². The molecule has 2 aromatic rings. The summed E-state index contributed by atoms with van der Waals surface area (Å²) >= 11 is 0. The first-order valence-corrected chi connectivity index (χ1v) is 12.1. The molecule has 0 amide bonds.